The third-order valence-electron chi connectivity index (χ3n) is 8.51. The number of hydrogen-bond acceptors (Lipinski definition) is 1. The second kappa shape index (κ2) is 8.51. The zero-order chi connectivity index (χ0) is 26.9. The second-order valence-electron chi connectivity index (χ2n) is 10.8. The average Bonchev–Trinajstić information content (AvgIpc) is 3.55. The molecule has 41 heavy (non-hydrogen) atoms. The molecule has 0 fully saturated rings. The molecule has 0 radical (unpaired) electrons. The maximum absolute atomic E-state index is 5.27. The Morgan fingerprint density at radius 3 is 2.10 bits per heavy atom. The van der Waals surface area contributed by atoms with Crippen LogP contribution in [-0.4, -0.2) is 9.55 Å². The van der Waals surface area contributed by atoms with E-state index < -0.39 is 0 Å². The molecule has 0 bridgehead atoms. The van der Waals surface area contributed by atoms with Crippen molar-refractivity contribution in [3.8, 4) is 50.5 Å². The van der Waals surface area contributed by atoms with Gasteiger partial charge < -0.3 is 4.57 Å². The number of aromatic nitrogens is 2. The lowest BCUT2D eigenvalue weighted by Crippen LogP contribution is -1.95. The molecule has 2 heteroatoms. The summed E-state index contributed by atoms with van der Waals surface area (Å²) in [4.78, 5) is 5.27. The fourth-order valence-electron chi connectivity index (χ4n) is 6.67. The lowest BCUT2D eigenvalue weighted by molar-refractivity contribution is 1.18. The van der Waals surface area contributed by atoms with Crippen molar-refractivity contribution >= 4 is 32.6 Å². The molecule has 1 aliphatic rings. The van der Waals surface area contributed by atoms with Gasteiger partial charge in [-0.3, -0.25) is 0 Å². The summed E-state index contributed by atoms with van der Waals surface area (Å²) in [5.41, 5.74) is 13.0. The van der Waals surface area contributed by atoms with Crippen molar-refractivity contribution < 1.29 is 0 Å². The SMILES string of the molecule is c1ccc(-c2ccc3c(c2)c2ccccc2n3-c2cccc(-c3cc4cccc5c4c(n3)-c3ccccc3-5)c2)cc1. The molecule has 9 rings (SSSR count). The average molecular weight is 521 g/mol. The molecule has 8 aromatic rings. The molecule has 0 N–H and O–H groups in total. The minimum Gasteiger partial charge on any atom is -0.309 e. The highest BCUT2D eigenvalue weighted by atomic mass is 15.0. The predicted octanol–water partition coefficient (Wildman–Crippen LogP) is 10.3. The van der Waals surface area contributed by atoms with Crippen LogP contribution in [0.3, 0.4) is 0 Å². The first-order valence-corrected chi connectivity index (χ1v) is 14.1. The standard InChI is InChI=1S/C39H24N2/c1-2-10-25(11-3-1)26-20-21-37-34(23-26)31-16-6-7-19-36(31)41(37)29-14-8-12-27(22-29)35-24-28-13-9-18-32-30-15-4-5-17-33(30)39(40-35)38(28)32/h1-24H. The largest absolute Gasteiger partial charge is 0.309 e. The maximum atomic E-state index is 5.27. The molecule has 0 spiro atoms. The molecule has 2 aromatic heterocycles. The van der Waals surface area contributed by atoms with Crippen LogP contribution in [-0.2, 0) is 0 Å². The molecule has 1 aliphatic carbocycles. The van der Waals surface area contributed by atoms with Gasteiger partial charge in [-0.2, -0.15) is 0 Å². The van der Waals surface area contributed by atoms with Gasteiger partial charge in [-0.05, 0) is 64.0 Å². The first-order valence-electron chi connectivity index (χ1n) is 14.1. The molecule has 2 heterocycles. The number of pyridine rings is 1. The van der Waals surface area contributed by atoms with E-state index in [1.165, 1.54) is 60.4 Å². The van der Waals surface area contributed by atoms with Crippen molar-refractivity contribution in [3.63, 3.8) is 0 Å². The number of fused-ring (bicyclic) bond motifs is 6. The van der Waals surface area contributed by atoms with Gasteiger partial charge in [-0.25, -0.2) is 4.98 Å². The van der Waals surface area contributed by atoms with Crippen molar-refractivity contribution in [2.24, 2.45) is 0 Å². The van der Waals surface area contributed by atoms with E-state index >= 15 is 0 Å². The van der Waals surface area contributed by atoms with Crippen molar-refractivity contribution in [1.29, 1.82) is 0 Å². The predicted molar refractivity (Wildman–Crippen MR) is 171 cm³/mol. The van der Waals surface area contributed by atoms with E-state index in [2.05, 4.69) is 150 Å². The highest BCUT2D eigenvalue weighted by molar-refractivity contribution is 6.15. The minimum absolute atomic E-state index is 0.996. The van der Waals surface area contributed by atoms with Crippen LogP contribution in [0.15, 0.2) is 146 Å². The van der Waals surface area contributed by atoms with Gasteiger partial charge >= 0.3 is 0 Å². The normalized spacial score (nSPS) is 11.9. The number of hydrogen-bond donors (Lipinski definition) is 0. The quantitative estimate of drug-likeness (QED) is 0.227. The number of nitrogens with zero attached hydrogens (tertiary/aromatic N) is 2. The molecule has 2 nitrogen and oxygen atoms in total. The van der Waals surface area contributed by atoms with E-state index in [4.69, 9.17) is 4.98 Å². The minimum atomic E-state index is 0.996. The summed E-state index contributed by atoms with van der Waals surface area (Å²) in [6.07, 6.45) is 0. The van der Waals surface area contributed by atoms with Gasteiger partial charge in [0.15, 0.2) is 0 Å². The molecular weight excluding hydrogens is 496 g/mol. The van der Waals surface area contributed by atoms with Crippen LogP contribution >= 0.6 is 0 Å². The Kier molecular flexibility index (Phi) is 4.64. The molecule has 0 atom stereocenters. The van der Waals surface area contributed by atoms with Crippen LogP contribution in [0, 0.1) is 0 Å². The number of benzene rings is 6. The third kappa shape index (κ3) is 3.28. The van der Waals surface area contributed by atoms with Gasteiger partial charge in [0.2, 0.25) is 0 Å². The van der Waals surface area contributed by atoms with Gasteiger partial charge in [0.25, 0.3) is 0 Å². The molecule has 0 saturated carbocycles. The van der Waals surface area contributed by atoms with Crippen LogP contribution < -0.4 is 0 Å². The zero-order valence-electron chi connectivity index (χ0n) is 22.3. The van der Waals surface area contributed by atoms with E-state index in [1.54, 1.807) is 0 Å². The highest BCUT2D eigenvalue weighted by Gasteiger charge is 2.23. The fraction of sp³-hybridized carbons (Fsp3) is 0. The Bertz CT molecular complexity index is 2310. The maximum Gasteiger partial charge on any atom is 0.0800 e. The summed E-state index contributed by atoms with van der Waals surface area (Å²) in [6.45, 7) is 0. The first kappa shape index (κ1) is 22.4. The number of para-hydroxylation sites is 1. The van der Waals surface area contributed by atoms with Gasteiger partial charge in [-0.1, -0.05) is 109 Å². The summed E-state index contributed by atoms with van der Waals surface area (Å²) in [7, 11) is 0. The fourth-order valence-corrected chi connectivity index (χ4v) is 6.67. The molecule has 190 valence electrons. The van der Waals surface area contributed by atoms with Crippen molar-refractivity contribution in [1.82, 2.24) is 9.55 Å². The van der Waals surface area contributed by atoms with Gasteiger partial charge in [0.1, 0.15) is 0 Å². The topological polar surface area (TPSA) is 17.8 Å². The molecular formula is C39H24N2. The van der Waals surface area contributed by atoms with E-state index in [9.17, 15) is 0 Å². The van der Waals surface area contributed by atoms with Crippen LogP contribution in [0.25, 0.3) is 83.0 Å². The highest BCUT2D eigenvalue weighted by Crippen LogP contribution is 2.47. The Labute approximate surface area is 237 Å². The Balaban J connectivity index is 1.24. The molecule has 0 aliphatic heterocycles. The molecule has 6 aromatic carbocycles. The first-order chi connectivity index (χ1) is 20.3. The monoisotopic (exact) mass is 520 g/mol. The molecule has 0 unspecified atom stereocenters. The second-order valence-corrected chi connectivity index (χ2v) is 10.8. The van der Waals surface area contributed by atoms with E-state index in [0.29, 0.717) is 0 Å². The van der Waals surface area contributed by atoms with Gasteiger partial charge in [-0.15, -0.1) is 0 Å². The van der Waals surface area contributed by atoms with Crippen LogP contribution in [0.1, 0.15) is 0 Å². The van der Waals surface area contributed by atoms with Crippen molar-refractivity contribution in [2.75, 3.05) is 0 Å². The van der Waals surface area contributed by atoms with E-state index in [1.807, 2.05) is 0 Å². The third-order valence-corrected chi connectivity index (χ3v) is 8.51. The van der Waals surface area contributed by atoms with Crippen LogP contribution in [0.4, 0.5) is 0 Å². The van der Waals surface area contributed by atoms with E-state index in [-0.39, 0.29) is 0 Å². The molecule has 0 saturated heterocycles. The Morgan fingerprint density at radius 2 is 1.17 bits per heavy atom. The van der Waals surface area contributed by atoms with Gasteiger partial charge in [0.05, 0.1) is 22.4 Å². The summed E-state index contributed by atoms with van der Waals surface area (Å²) < 4.78 is 2.39. The summed E-state index contributed by atoms with van der Waals surface area (Å²) >= 11 is 0. The van der Waals surface area contributed by atoms with Crippen LogP contribution in [0.5, 0.6) is 0 Å². The summed E-state index contributed by atoms with van der Waals surface area (Å²) in [6, 6.07) is 52.4. The van der Waals surface area contributed by atoms with Crippen LogP contribution in [0.2, 0.25) is 0 Å². The Morgan fingerprint density at radius 1 is 0.439 bits per heavy atom. The molecule has 0 amide bonds. The summed E-state index contributed by atoms with van der Waals surface area (Å²) in [5.74, 6) is 0. The van der Waals surface area contributed by atoms with Gasteiger partial charge in [0, 0.05) is 33.0 Å². The summed E-state index contributed by atoms with van der Waals surface area (Å²) in [5, 5.41) is 5.00. The van der Waals surface area contributed by atoms with Crippen molar-refractivity contribution in [2.45, 2.75) is 0 Å². The lowest BCUT2D eigenvalue weighted by atomic mass is 10.0. The smallest absolute Gasteiger partial charge is 0.0800 e. The van der Waals surface area contributed by atoms with E-state index in [0.717, 1.165) is 22.6 Å². The number of rotatable bonds is 3. The zero-order valence-corrected chi connectivity index (χ0v) is 22.3. The van der Waals surface area contributed by atoms with Crippen molar-refractivity contribution in [3.05, 3.63) is 146 Å². The lowest BCUT2D eigenvalue weighted by Gasteiger charge is -2.12. The Hall–Kier alpha value is -5.47.